The molecule has 0 N–H and O–H groups in total. The van der Waals surface area contributed by atoms with Crippen molar-refractivity contribution in [3.05, 3.63) is 30.1 Å². The van der Waals surface area contributed by atoms with Crippen molar-refractivity contribution in [1.82, 2.24) is 14.5 Å². The normalized spacial score (nSPS) is 26.4. The summed E-state index contributed by atoms with van der Waals surface area (Å²) in [5.41, 5.74) is 0.706. The van der Waals surface area contributed by atoms with E-state index in [9.17, 15) is 13.6 Å². The number of aromatic nitrogens is 2. The summed E-state index contributed by atoms with van der Waals surface area (Å²) < 4.78 is 32.8. The zero-order valence-corrected chi connectivity index (χ0v) is 14.8. The van der Waals surface area contributed by atoms with Gasteiger partial charge in [-0.2, -0.15) is 0 Å². The highest BCUT2D eigenvalue weighted by Gasteiger charge is 2.37. The van der Waals surface area contributed by atoms with Crippen LogP contribution in [0.5, 0.6) is 0 Å². The summed E-state index contributed by atoms with van der Waals surface area (Å²) in [5, 5.41) is 0.561. The van der Waals surface area contributed by atoms with Gasteiger partial charge in [-0.25, -0.2) is 18.6 Å². The van der Waals surface area contributed by atoms with Crippen LogP contribution in [-0.2, 0) is 11.3 Å². The monoisotopic (exact) mass is 363 g/mol. The predicted molar refractivity (Wildman–Crippen MR) is 93.4 cm³/mol. The number of alkyl halides is 2. The van der Waals surface area contributed by atoms with Gasteiger partial charge in [0.05, 0.1) is 12.1 Å². The van der Waals surface area contributed by atoms with E-state index in [2.05, 4.69) is 16.9 Å². The SMILES string of the molecule is CN1C2CCCC1CC(OC(=O)c1cn(CC(F)F)c3ncccc13)C2. The maximum atomic E-state index is 12.8. The van der Waals surface area contributed by atoms with Crippen LogP contribution in [0.1, 0.15) is 42.5 Å². The Kier molecular flexibility index (Phi) is 4.65. The van der Waals surface area contributed by atoms with E-state index in [0.29, 0.717) is 28.7 Å². The van der Waals surface area contributed by atoms with Gasteiger partial charge in [0.2, 0.25) is 0 Å². The summed E-state index contributed by atoms with van der Waals surface area (Å²) >= 11 is 0. The summed E-state index contributed by atoms with van der Waals surface area (Å²) in [5.74, 6) is -0.441. The third kappa shape index (κ3) is 3.20. The van der Waals surface area contributed by atoms with Gasteiger partial charge in [-0.05, 0) is 32.0 Å². The number of fused-ring (bicyclic) bond motifs is 3. The van der Waals surface area contributed by atoms with Crippen molar-refractivity contribution >= 4 is 17.0 Å². The minimum atomic E-state index is -2.51. The van der Waals surface area contributed by atoms with Crippen molar-refractivity contribution < 1.29 is 18.3 Å². The van der Waals surface area contributed by atoms with Gasteiger partial charge >= 0.3 is 5.97 Å². The Morgan fingerprint density at radius 1 is 1.35 bits per heavy atom. The number of carbonyl (C=O) groups is 1. The van der Waals surface area contributed by atoms with Gasteiger partial charge in [-0.3, -0.25) is 0 Å². The molecule has 0 spiro atoms. The number of ether oxygens (including phenoxy) is 1. The summed E-state index contributed by atoms with van der Waals surface area (Å²) in [6.45, 7) is -0.487. The average molecular weight is 363 g/mol. The molecule has 2 atom stereocenters. The summed E-state index contributed by atoms with van der Waals surface area (Å²) in [6.07, 6.45) is 5.55. The number of piperidine rings is 2. The van der Waals surface area contributed by atoms with Crippen molar-refractivity contribution in [1.29, 1.82) is 0 Å². The third-order valence-corrected chi connectivity index (χ3v) is 5.76. The molecular weight excluding hydrogens is 340 g/mol. The Bertz CT molecular complexity index is 793. The zero-order chi connectivity index (χ0) is 18.3. The maximum Gasteiger partial charge on any atom is 0.340 e. The van der Waals surface area contributed by atoms with Crippen LogP contribution in [0.2, 0.25) is 0 Å². The molecule has 2 aromatic rings. The number of pyridine rings is 1. The molecule has 0 aliphatic carbocycles. The van der Waals surface area contributed by atoms with Gasteiger partial charge < -0.3 is 14.2 Å². The van der Waals surface area contributed by atoms with Crippen molar-refractivity contribution in [2.45, 2.75) is 63.3 Å². The van der Waals surface area contributed by atoms with E-state index in [-0.39, 0.29) is 6.10 Å². The predicted octanol–water partition coefficient (Wildman–Crippen LogP) is 3.47. The molecule has 26 heavy (non-hydrogen) atoms. The number of rotatable bonds is 4. The summed E-state index contributed by atoms with van der Waals surface area (Å²) in [6, 6.07) is 4.35. The largest absolute Gasteiger partial charge is 0.459 e. The maximum absolute atomic E-state index is 12.8. The lowest BCUT2D eigenvalue weighted by Crippen LogP contribution is -2.52. The fraction of sp³-hybridized carbons (Fsp3) is 0.579. The second-order valence-electron chi connectivity index (χ2n) is 7.36. The molecule has 2 saturated heterocycles. The first-order chi connectivity index (χ1) is 12.5. The second kappa shape index (κ2) is 6.95. The molecule has 140 valence electrons. The highest BCUT2D eigenvalue weighted by Crippen LogP contribution is 2.34. The standard InChI is InChI=1S/C19H23F2N3O2/c1-23-12-4-2-5-13(23)9-14(8-12)26-19(25)16-10-24(11-17(20)21)18-15(16)6-3-7-22-18/h3,6-7,10,12-14,17H,2,4-5,8-9,11H2,1H3. The lowest BCUT2D eigenvalue weighted by Gasteiger charge is -2.46. The Labute approximate surface area is 150 Å². The van der Waals surface area contributed by atoms with Crippen LogP contribution in [0, 0.1) is 0 Å². The average Bonchev–Trinajstić information content (AvgIpc) is 2.94. The fourth-order valence-electron chi connectivity index (χ4n) is 4.45. The molecule has 0 amide bonds. The van der Waals surface area contributed by atoms with Crippen molar-refractivity contribution in [2.75, 3.05) is 7.05 Å². The van der Waals surface area contributed by atoms with Crippen LogP contribution in [0.25, 0.3) is 11.0 Å². The third-order valence-electron chi connectivity index (χ3n) is 5.76. The second-order valence-corrected chi connectivity index (χ2v) is 7.36. The number of hydrogen-bond acceptors (Lipinski definition) is 4. The number of halogens is 2. The van der Waals surface area contributed by atoms with E-state index in [1.165, 1.54) is 23.4 Å². The first-order valence-corrected chi connectivity index (χ1v) is 9.18. The number of esters is 1. The molecule has 4 heterocycles. The van der Waals surface area contributed by atoms with Crippen molar-refractivity contribution in [3.8, 4) is 0 Å². The van der Waals surface area contributed by atoms with Crippen LogP contribution in [0.4, 0.5) is 8.78 Å². The zero-order valence-electron chi connectivity index (χ0n) is 14.8. The molecule has 2 aliphatic heterocycles. The highest BCUT2D eigenvalue weighted by atomic mass is 19.3. The number of carbonyl (C=O) groups excluding carboxylic acids is 1. The molecule has 7 heteroatoms. The lowest BCUT2D eigenvalue weighted by atomic mass is 9.83. The molecule has 2 unspecified atom stereocenters. The van der Waals surface area contributed by atoms with E-state index in [1.807, 2.05) is 0 Å². The van der Waals surface area contributed by atoms with E-state index in [1.54, 1.807) is 12.1 Å². The van der Waals surface area contributed by atoms with E-state index in [0.717, 1.165) is 25.7 Å². The van der Waals surface area contributed by atoms with Crippen LogP contribution >= 0.6 is 0 Å². The Balaban J connectivity index is 1.55. The number of nitrogens with zero attached hydrogens (tertiary/aromatic N) is 3. The summed E-state index contributed by atoms with van der Waals surface area (Å²) in [7, 11) is 2.15. The van der Waals surface area contributed by atoms with Gasteiger partial charge in [-0.1, -0.05) is 6.42 Å². The molecular formula is C19H23F2N3O2. The van der Waals surface area contributed by atoms with Gasteiger partial charge in [0.25, 0.3) is 6.43 Å². The smallest absolute Gasteiger partial charge is 0.340 e. The van der Waals surface area contributed by atoms with Gasteiger partial charge in [-0.15, -0.1) is 0 Å². The fourth-order valence-corrected chi connectivity index (χ4v) is 4.45. The van der Waals surface area contributed by atoms with E-state index in [4.69, 9.17) is 4.74 Å². The van der Waals surface area contributed by atoms with Crippen molar-refractivity contribution in [2.24, 2.45) is 0 Å². The molecule has 2 aromatic heterocycles. The molecule has 5 nitrogen and oxygen atoms in total. The molecule has 2 fully saturated rings. The minimum absolute atomic E-state index is 0.112. The number of hydrogen-bond donors (Lipinski definition) is 0. The van der Waals surface area contributed by atoms with Crippen LogP contribution in [0.15, 0.2) is 24.5 Å². The molecule has 2 aliphatic rings. The Hall–Kier alpha value is -2.02. The van der Waals surface area contributed by atoms with Crippen LogP contribution in [0.3, 0.4) is 0 Å². The quantitative estimate of drug-likeness (QED) is 0.781. The molecule has 0 saturated carbocycles. The Morgan fingerprint density at radius 3 is 2.77 bits per heavy atom. The van der Waals surface area contributed by atoms with Gasteiger partial charge in [0.1, 0.15) is 11.8 Å². The summed E-state index contributed by atoms with van der Waals surface area (Å²) in [4.78, 5) is 19.3. The Morgan fingerprint density at radius 2 is 2.08 bits per heavy atom. The van der Waals surface area contributed by atoms with E-state index >= 15 is 0 Å². The lowest BCUT2D eigenvalue weighted by molar-refractivity contribution is -0.0318. The molecule has 2 bridgehead atoms. The van der Waals surface area contributed by atoms with Crippen LogP contribution < -0.4 is 0 Å². The van der Waals surface area contributed by atoms with Gasteiger partial charge in [0, 0.05) is 42.7 Å². The topological polar surface area (TPSA) is 47.4 Å². The molecule has 0 radical (unpaired) electrons. The molecule has 0 aromatic carbocycles. The highest BCUT2D eigenvalue weighted by molar-refractivity contribution is 6.03. The van der Waals surface area contributed by atoms with E-state index < -0.39 is 18.9 Å². The van der Waals surface area contributed by atoms with Crippen LogP contribution in [-0.4, -0.2) is 52.1 Å². The first-order valence-electron chi connectivity index (χ1n) is 9.18. The minimum Gasteiger partial charge on any atom is -0.459 e. The molecule has 4 rings (SSSR count). The van der Waals surface area contributed by atoms with Crippen molar-refractivity contribution in [3.63, 3.8) is 0 Å². The first kappa shape index (κ1) is 17.4. The van der Waals surface area contributed by atoms with Gasteiger partial charge in [0.15, 0.2) is 0 Å².